The summed E-state index contributed by atoms with van der Waals surface area (Å²) in [6.07, 6.45) is 3.79. The normalized spacial score (nSPS) is 10.3. The Labute approximate surface area is 168 Å². The summed E-state index contributed by atoms with van der Waals surface area (Å²) in [5.41, 5.74) is 5.70. The van der Waals surface area contributed by atoms with Gasteiger partial charge in [-0.15, -0.1) is 0 Å². The van der Waals surface area contributed by atoms with Gasteiger partial charge in [-0.25, -0.2) is 4.79 Å². The maximum atomic E-state index is 11.8. The molecule has 0 atom stereocenters. The third-order valence-electron chi connectivity index (χ3n) is 3.61. The second-order valence-electron chi connectivity index (χ2n) is 5.73. The Morgan fingerprint density at radius 2 is 1.72 bits per heavy atom. The number of ether oxygens (including phenoxy) is 3. The van der Waals surface area contributed by atoms with Crippen molar-refractivity contribution in [2.75, 3.05) is 20.3 Å². The van der Waals surface area contributed by atoms with Crippen molar-refractivity contribution < 1.29 is 28.6 Å². The van der Waals surface area contributed by atoms with Crippen molar-refractivity contribution in [1.82, 2.24) is 10.9 Å². The van der Waals surface area contributed by atoms with Gasteiger partial charge in [0.15, 0.2) is 24.7 Å². The number of methoxy groups -OCH3 is 1. The number of carbonyl (C=O) groups is 3. The number of rotatable bonds is 8. The monoisotopic (exact) mass is 398 g/mol. The molecule has 29 heavy (non-hydrogen) atoms. The Morgan fingerprint density at radius 1 is 0.966 bits per heavy atom. The molecule has 0 aliphatic carbocycles. The number of nitrogens with one attached hydrogen (secondary N) is 2. The average Bonchev–Trinajstić information content (AvgIpc) is 2.75. The summed E-state index contributed by atoms with van der Waals surface area (Å²) in [4.78, 5) is 35.3. The maximum Gasteiger partial charge on any atom is 0.344 e. The number of allylic oxidation sites excluding steroid dienone is 1. The Bertz CT molecular complexity index is 880. The second-order valence-corrected chi connectivity index (χ2v) is 5.73. The van der Waals surface area contributed by atoms with Crippen LogP contribution in [-0.2, 0) is 14.3 Å². The van der Waals surface area contributed by atoms with Crippen LogP contribution in [0.4, 0.5) is 0 Å². The average molecular weight is 398 g/mol. The van der Waals surface area contributed by atoms with Gasteiger partial charge in [0.05, 0.1) is 7.11 Å². The predicted molar refractivity (Wildman–Crippen MR) is 106 cm³/mol. The zero-order valence-corrected chi connectivity index (χ0v) is 16.1. The van der Waals surface area contributed by atoms with Gasteiger partial charge >= 0.3 is 5.97 Å². The van der Waals surface area contributed by atoms with E-state index < -0.39 is 31.0 Å². The molecule has 0 aromatic heterocycles. The van der Waals surface area contributed by atoms with E-state index in [2.05, 4.69) is 10.9 Å². The molecule has 2 aromatic carbocycles. The highest BCUT2D eigenvalue weighted by Crippen LogP contribution is 2.28. The Hall–Kier alpha value is -3.81. The lowest BCUT2D eigenvalue weighted by Crippen LogP contribution is -2.43. The predicted octanol–water partition coefficient (Wildman–Crippen LogP) is 2.11. The van der Waals surface area contributed by atoms with Gasteiger partial charge in [-0.1, -0.05) is 36.4 Å². The first-order valence-corrected chi connectivity index (χ1v) is 8.77. The van der Waals surface area contributed by atoms with E-state index in [0.717, 1.165) is 5.56 Å². The fraction of sp³-hybridized carbons (Fsp3) is 0.190. The molecule has 152 valence electrons. The Morgan fingerprint density at radius 3 is 2.41 bits per heavy atom. The van der Waals surface area contributed by atoms with Crippen LogP contribution in [0.15, 0.2) is 54.6 Å². The minimum absolute atomic E-state index is 0.372. The largest absolute Gasteiger partial charge is 0.493 e. The van der Waals surface area contributed by atoms with E-state index in [1.807, 2.05) is 25.1 Å². The lowest BCUT2D eigenvalue weighted by atomic mass is 10.2. The van der Waals surface area contributed by atoms with Crippen LogP contribution in [0.3, 0.4) is 0 Å². The van der Waals surface area contributed by atoms with Crippen molar-refractivity contribution in [1.29, 1.82) is 0 Å². The third kappa shape index (κ3) is 7.02. The van der Waals surface area contributed by atoms with E-state index in [0.29, 0.717) is 17.1 Å². The van der Waals surface area contributed by atoms with Gasteiger partial charge in [0.25, 0.3) is 11.8 Å². The van der Waals surface area contributed by atoms with Gasteiger partial charge < -0.3 is 14.2 Å². The summed E-state index contributed by atoms with van der Waals surface area (Å²) in [5.74, 6) is -1.07. The van der Waals surface area contributed by atoms with Crippen molar-refractivity contribution in [3.8, 4) is 11.5 Å². The molecule has 0 bridgehead atoms. The van der Waals surface area contributed by atoms with Crippen LogP contribution in [-0.4, -0.2) is 38.1 Å². The molecule has 8 heteroatoms. The van der Waals surface area contributed by atoms with Gasteiger partial charge in [0.2, 0.25) is 0 Å². The minimum atomic E-state index is -0.742. The summed E-state index contributed by atoms with van der Waals surface area (Å²) < 4.78 is 15.4. The van der Waals surface area contributed by atoms with Crippen LogP contribution in [0.25, 0.3) is 6.08 Å². The maximum absolute atomic E-state index is 11.8. The van der Waals surface area contributed by atoms with Crippen LogP contribution in [0.5, 0.6) is 11.5 Å². The number of hydrogen-bond donors (Lipinski definition) is 2. The highest BCUT2D eigenvalue weighted by Gasteiger charge is 2.12. The first-order valence-electron chi connectivity index (χ1n) is 8.77. The number of hydrazine groups is 1. The molecule has 2 aromatic rings. The molecule has 0 unspecified atom stereocenters. The van der Waals surface area contributed by atoms with Crippen molar-refractivity contribution >= 4 is 23.9 Å². The molecule has 0 saturated heterocycles. The van der Waals surface area contributed by atoms with E-state index in [-0.39, 0.29) is 0 Å². The molecule has 8 nitrogen and oxygen atoms in total. The highest BCUT2D eigenvalue weighted by molar-refractivity contribution is 5.95. The Balaban J connectivity index is 1.74. The molecule has 0 radical (unpaired) electrons. The molecule has 0 heterocycles. The van der Waals surface area contributed by atoms with Gasteiger partial charge in [-0.3, -0.25) is 20.4 Å². The Kier molecular flexibility index (Phi) is 8.25. The van der Waals surface area contributed by atoms with Gasteiger partial charge in [-0.2, -0.15) is 0 Å². The topological polar surface area (TPSA) is 103 Å². The van der Waals surface area contributed by atoms with Gasteiger partial charge in [-0.05, 0) is 36.8 Å². The van der Waals surface area contributed by atoms with Crippen LogP contribution in [0, 0.1) is 0 Å². The van der Waals surface area contributed by atoms with Crippen molar-refractivity contribution in [2.45, 2.75) is 6.92 Å². The molecular weight excluding hydrogens is 376 g/mol. The molecular formula is C21H22N2O6. The first-order chi connectivity index (χ1) is 14.0. The van der Waals surface area contributed by atoms with Gasteiger partial charge in [0.1, 0.15) is 0 Å². The molecule has 2 N–H and O–H groups in total. The second kappa shape index (κ2) is 11.1. The molecule has 2 rings (SSSR count). The van der Waals surface area contributed by atoms with Crippen LogP contribution < -0.4 is 20.3 Å². The quantitative estimate of drug-likeness (QED) is 0.522. The summed E-state index contributed by atoms with van der Waals surface area (Å²) in [6, 6.07) is 13.6. The van der Waals surface area contributed by atoms with E-state index in [1.54, 1.807) is 42.5 Å². The van der Waals surface area contributed by atoms with Crippen molar-refractivity contribution in [3.63, 3.8) is 0 Å². The number of benzene rings is 2. The summed E-state index contributed by atoms with van der Waals surface area (Å²) in [5, 5.41) is 0. The van der Waals surface area contributed by atoms with Crippen LogP contribution in [0.2, 0.25) is 0 Å². The SMILES string of the molecule is C/C=C/c1ccc(OCC(=O)OCC(=O)NNC(=O)c2ccccc2)c(OC)c1. The van der Waals surface area contributed by atoms with E-state index >= 15 is 0 Å². The van der Waals surface area contributed by atoms with Crippen LogP contribution >= 0.6 is 0 Å². The van der Waals surface area contributed by atoms with Crippen molar-refractivity contribution in [2.24, 2.45) is 0 Å². The lowest BCUT2D eigenvalue weighted by molar-refractivity contribution is -0.150. The zero-order valence-electron chi connectivity index (χ0n) is 16.1. The molecule has 2 amide bonds. The third-order valence-corrected chi connectivity index (χ3v) is 3.61. The zero-order chi connectivity index (χ0) is 21.1. The molecule has 0 aliphatic rings. The van der Waals surface area contributed by atoms with Gasteiger partial charge in [0, 0.05) is 5.56 Å². The number of carbonyl (C=O) groups excluding carboxylic acids is 3. The van der Waals surface area contributed by atoms with E-state index in [4.69, 9.17) is 14.2 Å². The van der Waals surface area contributed by atoms with Crippen LogP contribution in [0.1, 0.15) is 22.8 Å². The molecule has 0 saturated carbocycles. The fourth-order valence-corrected chi connectivity index (χ4v) is 2.25. The number of amides is 2. The summed E-state index contributed by atoms with van der Waals surface area (Å²) in [6.45, 7) is 0.938. The summed E-state index contributed by atoms with van der Waals surface area (Å²) in [7, 11) is 1.49. The molecule has 0 aliphatic heterocycles. The minimum Gasteiger partial charge on any atom is -0.493 e. The fourth-order valence-electron chi connectivity index (χ4n) is 2.25. The highest BCUT2D eigenvalue weighted by atomic mass is 16.6. The number of hydrogen-bond acceptors (Lipinski definition) is 6. The van der Waals surface area contributed by atoms with Crippen molar-refractivity contribution in [3.05, 3.63) is 65.7 Å². The molecule has 0 spiro atoms. The van der Waals surface area contributed by atoms with E-state index in [1.165, 1.54) is 7.11 Å². The summed E-state index contributed by atoms with van der Waals surface area (Å²) >= 11 is 0. The molecule has 0 fully saturated rings. The standard InChI is InChI=1S/C21H22N2O6/c1-3-7-15-10-11-17(18(12-15)27-2)28-14-20(25)29-13-19(24)22-23-21(26)16-8-5-4-6-9-16/h3-12H,13-14H2,1-2H3,(H,22,24)(H,23,26)/b7-3+. The number of esters is 1. The smallest absolute Gasteiger partial charge is 0.344 e. The lowest BCUT2D eigenvalue weighted by Gasteiger charge is -2.11. The van der Waals surface area contributed by atoms with E-state index in [9.17, 15) is 14.4 Å². The first kappa shape index (κ1) is 21.5.